The molecule has 0 aromatic heterocycles. The summed E-state index contributed by atoms with van der Waals surface area (Å²) in [5, 5.41) is 4.12. The third-order valence-electron chi connectivity index (χ3n) is 3.97. The van der Waals surface area contributed by atoms with E-state index in [1.807, 2.05) is 24.1 Å². The lowest BCUT2D eigenvalue weighted by Crippen LogP contribution is -2.31. The number of benzene rings is 2. The number of rotatable bonds is 11. The number of ether oxygens (including phenoxy) is 2. The van der Waals surface area contributed by atoms with Crippen molar-refractivity contribution >= 4 is 29.1 Å². The van der Waals surface area contributed by atoms with Crippen LogP contribution in [0.15, 0.2) is 60.8 Å². The van der Waals surface area contributed by atoms with Gasteiger partial charge in [0.1, 0.15) is 18.1 Å². The van der Waals surface area contributed by atoms with E-state index in [4.69, 9.17) is 32.7 Å². The van der Waals surface area contributed by atoms with Crippen LogP contribution in [0.4, 0.5) is 0 Å². The van der Waals surface area contributed by atoms with Gasteiger partial charge in [-0.15, -0.1) is 0 Å². The summed E-state index contributed by atoms with van der Waals surface area (Å²) in [6.45, 7) is 5.71. The summed E-state index contributed by atoms with van der Waals surface area (Å²) in [6, 6.07) is 14.1. The van der Waals surface area contributed by atoms with E-state index in [0.29, 0.717) is 41.9 Å². The highest BCUT2D eigenvalue weighted by Gasteiger charge is 2.06. The first-order chi connectivity index (χ1) is 13.4. The molecule has 2 aromatic rings. The molecule has 1 amide bonds. The van der Waals surface area contributed by atoms with Crippen LogP contribution >= 0.6 is 23.2 Å². The number of hydrogen-bond donors (Lipinski definition) is 1. The van der Waals surface area contributed by atoms with Crippen LogP contribution in [-0.4, -0.2) is 44.2 Å². The minimum atomic E-state index is -0.184. The second-order valence-corrected chi connectivity index (χ2v) is 7.01. The van der Waals surface area contributed by atoms with E-state index in [0.717, 1.165) is 11.4 Å². The van der Waals surface area contributed by atoms with Crippen LogP contribution in [0.3, 0.4) is 0 Å². The zero-order chi connectivity index (χ0) is 20.4. The van der Waals surface area contributed by atoms with Gasteiger partial charge in [-0.05, 0) is 48.5 Å². The fourth-order valence-electron chi connectivity index (χ4n) is 2.26. The molecule has 2 rings (SSSR count). The van der Waals surface area contributed by atoms with Crippen LogP contribution in [0.5, 0.6) is 11.5 Å². The maximum Gasteiger partial charge on any atom is 0.257 e. The normalized spacial score (nSPS) is 10.2. The van der Waals surface area contributed by atoms with Gasteiger partial charge in [-0.1, -0.05) is 29.8 Å². The van der Waals surface area contributed by atoms with Gasteiger partial charge in [0.05, 0.1) is 6.54 Å². The van der Waals surface area contributed by atoms with Crippen molar-refractivity contribution in [3.05, 3.63) is 70.9 Å². The van der Waals surface area contributed by atoms with Crippen molar-refractivity contribution < 1.29 is 14.3 Å². The third-order valence-corrected chi connectivity index (χ3v) is 4.47. The number of halogens is 2. The van der Waals surface area contributed by atoms with Crippen LogP contribution in [0.1, 0.15) is 6.42 Å². The topological polar surface area (TPSA) is 50.8 Å². The molecule has 1 N–H and O–H groups in total. The number of carbonyl (C=O) groups excluding carboxylic acids is 1. The van der Waals surface area contributed by atoms with Crippen LogP contribution in [0.2, 0.25) is 10.0 Å². The van der Waals surface area contributed by atoms with Crippen molar-refractivity contribution in [1.82, 2.24) is 10.2 Å². The van der Waals surface area contributed by atoms with Crippen molar-refractivity contribution in [3.8, 4) is 11.5 Å². The molecule has 0 atom stereocenters. The van der Waals surface area contributed by atoms with Gasteiger partial charge in [-0.3, -0.25) is 4.79 Å². The first kappa shape index (κ1) is 21.9. The zero-order valence-corrected chi connectivity index (χ0v) is 17.3. The van der Waals surface area contributed by atoms with Crippen molar-refractivity contribution in [2.45, 2.75) is 6.42 Å². The molecular formula is C21H24Cl2N2O3. The minimum absolute atomic E-state index is 0.0428. The summed E-state index contributed by atoms with van der Waals surface area (Å²) in [7, 11) is 1.94. The predicted octanol–water partition coefficient (Wildman–Crippen LogP) is 4.40. The molecule has 150 valence electrons. The molecule has 7 heteroatoms. The van der Waals surface area contributed by atoms with Gasteiger partial charge in [0.25, 0.3) is 5.91 Å². The standard InChI is InChI=1S/C21H24Cl2N2O3/c1-16(25(2)13-14-27-19-7-3-17(22)4-8-19)11-12-24-21(26)15-28-20-9-5-18(23)6-10-20/h3-10H,1,11-15H2,2H3,(H,24,26). The maximum absolute atomic E-state index is 11.9. The van der Waals surface area contributed by atoms with Gasteiger partial charge < -0.3 is 19.7 Å². The summed E-state index contributed by atoms with van der Waals surface area (Å²) >= 11 is 11.7. The summed E-state index contributed by atoms with van der Waals surface area (Å²) in [6.07, 6.45) is 0.643. The van der Waals surface area contributed by atoms with Crippen LogP contribution in [0.25, 0.3) is 0 Å². The Morgan fingerprint density at radius 1 is 1.00 bits per heavy atom. The average Bonchev–Trinajstić information content (AvgIpc) is 2.69. The van der Waals surface area contributed by atoms with E-state index >= 15 is 0 Å². The summed E-state index contributed by atoms with van der Waals surface area (Å²) in [5.41, 5.74) is 0.915. The molecule has 0 aliphatic rings. The number of carbonyl (C=O) groups is 1. The Balaban J connectivity index is 1.58. The lowest BCUT2D eigenvalue weighted by atomic mass is 10.3. The zero-order valence-electron chi connectivity index (χ0n) is 15.8. The average molecular weight is 423 g/mol. The Kier molecular flexibility index (Phi) is 8.98. The highest BCUT2D eigenvalue weighted by Crippen LogP contribution is 2.16. The van der Waals surface area contributed by atoms with Crippen molar-refractivity contribution in [3.63, 3.8) is 0 Å². The summed E-state index contributed by atoms with van der Waals surface area (Å²) in [5.74, 6) is 1.19. The highest BCUT2D eigenvalue weighted by molar-refractivity contribution is 6.30. The van der Waals surface area contributed by atoms with Gasteiger partial charge in [0.2, 0.25) is 0 Å². The molecular weight excluding hydrogens is 399 g/mol. The van der Waals surface area contributed by atoms with E-state index in [2.05, 4.69) is 11.9 Å². The maximum atomic E-state index is 11.9. The van der Waals surface area contributed by atoms with E-state index in [9.17, 15) is 4.79 Å². The first-order valence-electron chi connectivity index (χ1n) is 8.86. The second-order valence-electron chi connectivity index (χ2n) is 6.13. The lowest BCUT2D eigenvalue weighted by molar-refractivity contribution is -0.123. The molecule has 2 aromatic carbocycles. The molecule has 0 aliphatic heterocycles. The van der Waals surface area contributed by atoms with Gasteiger partial charge in [0.15, 0.2) is 6.61 Å². The molecule has 0 radical (unpaired) electrons. The molecule has 0 saturated heterocycles. The molecule has 0 spiro atoms. The number of hydrogen-bond acceptors (Lipinski definition) is 4. The van der Waals surface area contributed by atoms with Gasteiger partial charge in [-0.25, -0.2) is 0 Å². The fraction of sp³-hybridized carbons (Fsp3) is 0.286. The quantitative estimate of drug-likeness (QED) is 0.582. The Morgan fingerprint density at radius 2 is 1.54 bits per heavy atom. The van der Waals surface area contributed by atoms with E-state index < -0.39 is 0 Å². The number of nitrogens with zero attached hydrogens (tertiary/aromatic N) is 1. The monoisotopic (exact) mass is 422 g/mol. The smallest absolute Gasteiger partial charge is 0.257 e. The number of likely N-dealkylation sites (N-methyl/N-ethyl adjacent to an activating group) is 1. The molecule has 0 heterocycles. The first-order valence-corrected chi connectivity index (χ1v) is 9.62. The lowest BCUT2D eigenvalue weighted by Gasteiger charge is -2.22. The van der Waals surface area contributed by atoms with Crippen molar-refractivity contribution in [2.24, 2.45) is 0 Å². The van der Waals surface area contributed by atoms with E-state index in [-0.39, 0.29) is 12.5 Å². The van der Waals surface area contributed by atoms with Gasteiger partial charge in [-0.2, -0.15) is 0 Å². The van der Waals surface area contributed by atoms with Crippen molar-refractivity contribution in [1.29, 1.82) is 0 Å². The number of nitrogens with one attached hydrogen (secondary N) is 1. The van der Waals surface area contributed by atoms with Gasteiger partial charge >= 0.3 is 0 Å². The van der Waals surface area contributed by atoms with E-state index in [1.54, 1.807) is 36.4 Å². The minimum Gasteiger partial charge on any atom is -0.492 e. The molecule has 0 fully saturated rings. The SMILES string of the molecule is C=C(CCNC(=O)COc1ccc(Cl)cc1)N(C)CCOc1ccc(Cl)cc1. The molecule has 0 saturated carbocycles. The van der Waals surface area contributed by atoms with Crippen LogP contribution in [0, 0.1) is 0 Å². The molecule has 28 heavy (non-hydrogen) atoms. The molecule has 0 aliphatic carbocycles. The van der Waals surface area contributed by atoms with E-state index in [1.165, 1.54) is 0 Å². The molecule has 0 bridgehead atoms. The Labute approximate surface area is 175 Å². The number of amides is 1. The van der Waals surface area contributed by atoms with Gasteiger partial charge in [0, 0.05) is 35.8 Å². The third kappa shape index (κ3) is 8.11. The highest BCUT2D eigenvalue weighted by atomic mass is 35.5. The summed E-state index contributed by atoms with van der Waals surface area (Å²) < 4.78 is 11.1. The molecule has 0 unspecified atom stereocenters. The predicted molar refractivity (Wildman–Crippen MR) is 113 cm³/mol. The Morgan fingerprint density at radius 3 is 2.11 bits per heavy atom. The summed E-state index contributed by atoms with van der Waals surface area (Å²) in [4.78, 5) is 13.9. The second kappa shape index (κ2) is 11.5. The molecule has 5 nitrogen and oxygen atoms in total. The fourth-order valence-corrected chi connectivity index (χ4v) is 2.51. The largest absolute Gasteiger partial charge is 0.492 e. The van der Waals surface area contributed by atoms with Crippen LogP contribution < -0.4 is 14.8 Å². The van der Waals surface area contributed by atoms with Crippen molar-refractivity contribution in [2.75, 3.05) is 33.4 Å². The van der Waals surface area contributed by atoms with Crippen LogP contribution in [-0.2, 0) is 4.79 Å². The Hall–Kier alpha value is -2.37. The Bertz CT molecular complexity index is 764.